The number of methoxy groups -OCH3 is 1. The minimum absolute atomic E-state index is 0.683. The van der Waals surface area contributed by atoms with E-state index in [2.05, 4.69) is 33.7 Å². The Balaban J connectivity index is 2.56. The summed E-state index contributed by atoms with van der Waals surface area (Å²) in [5, 5.41) is 5.06. The zero-order valence-electron chi connectivity index (χ0n) is 9.44. The van der Waals surface area contributed by atoms with Crippen molar-refractivity contribution in [2.24, 2.45) is 0 Å². The van der Waals surface area contributed by atoms with E-state index in [1.807, 2.05) is 7.05 Å². The first-order chi connectivity index (χ1) is 7.76. The molecule has 16 heavy (non-hydrogen) atoms. The quantitative estimate of drug-likeness (QED) is 0.888. The zero-order chi connectivity index (χ0) is 11.5. The number of hydrogen-bond donors (Lipinski definition) is 1. The number of aromatic nitrogens is 2. The molecule has 0 bridgehead atoms. The smallest absolute Gasteiger partial charge is 0.187 e. The summed E-state index contributed by atoms with van der Waals surface area (Å²) in [7, 11) is 3.44. The number of anilines is 1. The van der Waals surface area contributed by atoms with Gasteiger partial charge < -0.3 is 10.1 Å². The first-order valence-electron chi connectivity index (χ1n) is 4.88. The maximum atomic E-state index is 5.35. The van der Waals surface area contributed by atoms with Crippen LogP contribution in [0, 0.1) is 6.92 Å². The molecule has 0 amide bonds. The fourth-order valence-electron chi connectivity index (χ4n) is 1.52. The third-order valence-electron chi connectivity index (χ3n) is 2.25. The second-order valence-corrected chi connectivity index (χ2v) is 4.42. The zero-order valence-corrected chi connectivity index (χ0v) is 10.3. The van der Waals surface area contributed by atoms with Crippen LogP contribution in [0.4, 0.5) is 5.82 Å². The van der Waals surface area contributed by atoms with Crippen LogP contribution >= 0.6 is 11.3 Å². The maximum absolute atomic E-state index is 5.35. The summed E-state index contributed by atoms with van der Waals surface area (Å²) < 4.78 is 5.35. The highest BCUT2D eigenvalue weighted by molar-refractivity contribution is 7.10. The Labute approximate surface area is 98.3 Å². The summed E-state index contributed by atoms with van der Waals surface area (Å²) >= 11 is 1.70. The van der Waals surface area contributed by atoms with E-state index in [-0.39, 0.29) is 0 Å². The highest BCUT2D eigenvalue weighted by Gasteiger charge is 2.13. The number of ether oxygens (including phenoxy) is 1. The van der Waals surface area contributed by atoms with E-state index in [1.54, 1.807) is 18.4 Å². The number of nitrogens with one attached hydrogen (secondary N) is 1. The predicted octanol–water partition coefficient (Wildman–Crippen LogP) is 2.56. The fraction of sp³-hybridized carbons (Fsp3) is 0.273. The third-order valence-corrected chi connectivity index (χ3v) is 3.11. The highest BCUT2D eigenvalue weighted by Crippen LogP contribution is 2.34. The second kappa shape index (κ2) is 4.49. The van der Waals surface area contributed by atoms with Crippen LogP contribution in [0.3, 0.4) is 0 Å². The van der Waals surface area contributed by atoms with Gasteiger partial charge in [0.25, 0.3) is 0 Å². The number of aryl methyl sites for hydroxylation is 1. The van der Waals surface area contributed by atoms with Crippen molar-refractivity contribution in [3.8, 4) is 17.0 Å². The van der Waals surface area contributed by atoms with Crippen molar-refractivity contribution in [3.05, 3.63) is 22.7 Å². The number of nitrogens with zero attached hydrogens (tertiary/aromatic N) is 2. The van der Waals surface area contributed by atoms with Crippen LogP contribution in [-0.4, -0.2) is 24.1 Å². The first-order valence-corrected chi connectivity index (χ1v) is 5.76. The third kappa shape index (κ3) is 1.86. The SMILES string of the molecule is CNc1ncnc(-c2csc(C)c2)c1OC. The van der Waals surface area contributed by atoms with Gasteiger partial charge in [0.05, 0.1) is 7.11 Å². The van der Waals surface area contributed by atoms with Crippen molar-refractivity contribution in [1.82, 2.24) is 9.97 Å². The average Bonchev–Trinajstić information content (AvgIpc) is 2.74. The van der Waals surface area contributed by atoms with Gasteiger partial charge >= 0.3 is 0 Å². The van der Waals surface area contributed by atoms with E-state index in [9.17, 15) is 0 Å². The molecule has 0 fully saturated rings. The number of rotatable bonds is 3. The summed E-state index contributed by atoms with van der Waals surface area (Å²) in [4.78, 5) is 9.64. The van der Waals surface area contributed by atoms with Gasteiger partial charge in [-0.1, -0.05) is 0 Å². The molecule has 2 rings (SSSR count). The minimum atomic E-state index is 0.683. The van der Waals surface area contributed by atoms with Crippen LogP contribution in [0.2, 0.25) is 0 Å². The molecular formula is C11H13N3OS. The molecule has 2 heterocycles. The van der Waals surface area contributed by atoms with Crippen molar-refractivity contribution in [2.75, 3.05) is 19.5 Å². The van der Waals surface area contributed by atoms with Crippen molar-refractivity contribution in [2.45, 2.75) is 6.92 Å². The monoisotopic (exact) mass is 235 g/mol. The molecular weight excluding hydrogens is 222 g/mol. The largest absolute Gasteiger partial charge is 0.491 e. The Hall–Kier alpha value is -1.62. The molecule has 1 N–H and O–H groups in total. The molecule has 84 valence electrons. The van der Waals surface area contributed by atoms with E-state index in [4.69, 9.17) is 4.74 Å². The van der Waals surface area contributed by atoms with Gasteiger partial charge in [0.2, 0.25) is 0 Å². The molecule has 0 radical (unpaired) electrons. The normalized spacial score (nSPS) is 10.2. The van der Waals surface area contributed by atoms with Crippen LogP contribution in [0.1, 0.15) is 4.88 Å². The lowest BCUT2D eigenvalue weighted by Gasteiger charge is -2.09. The maximum Gasteiger partial charge on any atom is 0.187 e. The summed E-state index contributed by atoms with van der Waals surface area (Å²) in [6.45, 7) is 2.07. The van der Waals surface area contributed by atoms with E-state index in [0.717, 1.165) is 11.3 Å². The minimum Gasteiger partial charge on any atom is -0.491 e. The van der Waals surface area contributed by atoms with Gasteiger partial charge in [-0.15, -0.1) is 11.3 Å². The molecule has 0 saturated carbocycles. The Kier molecular flexibility index (Phi) is 3.05. The van der Waals surface area contributed by atoms with Gasteiger partial charge in [0, 0.05) is 22.9 Å². The summed E-state index contributed by atoms with van der Waals surface area (Å²) in [5.74, 6) is 1.39. The van der Waals surface area contributed by atoms with Crippen molar-refractivity contribution in [1.29, 1.82) is 0 Å². The highest BCUT2D eigenvalue weighted by atomic mass is 32.1. The molecule has 5 heteroatoms. The molecule has 2 aromatic rings. The van der Waals surface area contributed by atoms with Crippen molar-refractivity contribution in [3.63, 3.8) is 0 Å². The standard InChI is InChI=1S/C11H13N3OS/c1-7-4-8(5-16-7)9-10(15-3)11(12-2)14-6-13-9/h4-6H,1-3H3,(H,12,13,14). The van der Waals surface area contributed by atoms with Crippen LogP contribution in [0.15, 0.2) is 17.8 Å². The Bertz CT molecular complexity index is 496. The predicted molar refractivity (Wildman–Crippen MR) is 66.2 cm³/mol. The lowest BCUT2D eigenvalue weighted by atomic mass is 10.2. The van der Waals surface area contributed by atoms with Gasteiger partial charge in [-0.2, -0.15) is 0 Å². The molecule has 0 aliphatic carbocycles. The fourth-order valence-corrected chi connectivity index (χ4v) is 2.21. The van der Waals surface area contributed by atoms with Gasteiger partial charge in [-0.3, -0.25) is 0 Å². The average molecular weight is 235 g/mol. The first kappa shape index (κ1) is 10.9. The van der Waals surface area contributed by atoms with Gasteiger partial charge in [-0.05, 0) is 13.0 Å². The Morgan fingerprint density at radius 2 is 2.19 bits per heavy atom. The lowest BCUT2D eigenvalue weighted by Crippen LogP contribution is -2.00. The van der Waals surface area contributed by atoms with E-state index in [0.29, 0.717) is 11.6 Å². The van der Waals surface area contributed by atoms with E-state index in [1.165, 1.54) is 11.2 Å². The van der Waals surface area contributed by atoms with Gasteiger partial charge in [-0.25, -0.2) is 9.97 Å². The Morgan fingerprint density at radius 3 is 2.75 bits per heavy atom. The molecule has 0 atom stereocenters. The summed E-state index contributed by atoms with van der Waals surface area (Å²) in [5.41, 5.74) is 1.89. The molecule has 0 unspecified atom stereocenters. The van der Waals surface area contributed by atoms with Crippen LogP contribution in [0.5, 0.6) is 5.75 Å². The molecule has 2 aromatic heterocycles. The van der Waals surface area contributed by atoms with Crippen LogP contribution < -0.4 is 10.1 Å². The molecule has 0 aromatic carbocycles. The molecule has 4 nitrogen and oxygen atoms in total. The van der Waals surface area contributed by atoms with Gasteiger partial charge in [0.15, 0.2) is 11.6 Å². The van der Waals surface area contributed by atoms with Crippen LogP contribution in [0.25, 0.3) is 11.3 Å². The topological polar surface area (TPSA) is 47.0 Å². The number of thiophene rings is 1. The summed E-state index contributed by atoms with van der Waals surface area (Å²) in [6.07, 6.45) is 1.54. The van der Waals surface area contributed by atoms with E-state index < -0.39 is 0 Å². The van der Waals surface area contributed by atoms with Crippen LogP contribution in [-0.2, 0) is 0 Å². The molecule has 0 aliphatic heterocycles. The van der Waals surface area contributed by atoms with Crippen molar-refractivity contribution >= 4 is 17.2 Å². The molecule has 0 aliphatic rings. The summed E-state index contributed by atoms with van der Waals surface area (Å²) in [6, 6.07) is 2.09. The van der Waals surface area contributed by atoms with Gasteiger partial charge in [0.1, 0.15) is 12.0 Å². The van der Waals surface area contributed by atoms with E-state index >= 15 is 0 Å². The Morgan fingerprint density at radius 1 is 1.38 bits per heavy atom. The second-order valence-electron chi connectivity index (χ2n) is 3.30. The molecule has 0 spiro atoms. The molecule has 0 saturated heterocycles. The van der Waals surface area contributed by atoms with Crippen molar-refractivity contribution < 1.29 is 4.74 Å². The number of hydrogen-bond acceptors (Lipinski definition) is 5. The lowest BCUT2D eigenvalue weighted by molar-refractivity contribution is 0.415.